The van der Waals surface area contributed by atoms with Crippen LogP contribution in [0.15, 0.2) is 88.8 Å². The van der Waals surface area contributed by atoms with E-state index in [4.69, 9.17) is 14.5 Å². The Balaban J connectivity index is 1.49. The molecule has 0 aliphatic heterocycles. The Morgan fingerprint density at radius 1 is 1.04 bits per heavy atom. The fourth-order valence-corrected chi connectivity index (χ4v) is 4.95. The zero-order valence-corrected chi connectivity index (χ0v) is 26.1. The van der Waals surface area contributed by atoms with E-state index in [9.17, 15) is 19.7 Å². The van der Waals surface area contributed by atoms with Crippen LogP contribution in [0.2, 0.25) is 0 Å². The maximum absolute atomic E-state index is 13.7. The van der Waals surface area contributed by atoms with E-state index in [-0.39, 0.29) is 17.4 Å². The van der Waals surface area contributed by atoms with Crippen LogP contribution in [0.3, 0.4) is 0 Å². The first-order valence-corrected chi connectivity index (χ1v) is 14.6. The van der Waals surface area contributed by atoms with E-state index in [0.717, 1.165) is 22.4 Å². The Bertz CT molecular complexity index is 2030. The molecule has 0 aliphatic rings. The van der Waals surface area contributed by atoms with Crippen LogP contribution < -0.4 is 20.3 Å². The lowest BCUT2D eigenvalue weighted by atomic mass is 9.96. The van der Waals surface area contributed by atoms with Gasteiger partial charge in [0.2, 0.25) is 0 Å². The molecule has 1 heterocycles. The zero-order valence-electron chi connectivity index (χ0n) is 26.1. The van der Waals surface area contributed by atoms with E-state index in [0.29, 0.717) is 33.5 Å². The van der Waals surface area contributed by atoms with Crippen molar-refractivity contribution in [3.8, 4) is 22.9 Å². The molecular weight excluding hydrogens is 586 g/mol. The minimum absolute atomic E-state index is 0.0819. The van der Waals surface area contributed by atoms with Gasteiger partial charge in [0.1, 0.15) is 5.75 Å². The second kappa shape index (κ2) is 13.4. The minimum atomic E-state index is -0.603. The van der Waals surface area contributed by atoms with Gasteiger partial charge in [-0.25, -0.2) is 4.98 Å². The molecule has 0 saturated heterocycles. The molecule has 1 amide bonds. The summed E-state index contributed by atoms with van der Waals surface area (Å²) in [6, 6.07) is 22.3. The van der Waals surface area contributed by atoms with Crippen molar-refractivity contribution in [1.29, 1.82) is 0 Å². The number of carbonyl (C=O) groups excluding carboxylic acids is 1. The van der Waals surface area contributed by atoms with Crippen LogP contribution in [-0.4, -0.2) is 40.4 Å². The topological polar surface area (TPSA) is 138 Å². The molecule has 0 aliphatic carbocycles. The Morgan fingerprint density at radius 2 is 1.78 bits per heavy atom. The number of aryl methyl sites for hydroxylation is 2. The zero-order chi connectivity index (χ0) is 33.0. The number of hydrogen-bond acceptors (Lipinski definition) is 8. The van der Waals surface area contributed by atoms with Gasteiger partial charge in [0, 0.05) is 22.9 Å². The van der Waals surface area contributed by atoms with E-state index in [1.54, 1.807) is 43.5 Å². The molecule has 0 saturated carbocycles. The number of aromatic nitrogens is 2. The van der Waals surface area contributed by atoms with Gasteiger partial charge in [-0.1, -0.05) is 43.7 Å². The quantitative estimate of drug-likeness (QED) is 0.105. The van der Waals surface area contributed by atoms with E-state index in [2.05, 4.69) is 10.4 Å². The van der Waals surface area contributed by atoms with Crippen LogP contribution in [0.25, 0.3) is 22.3 Å². The summed E-state index contributed by atoms with van der Waals surface area (Å²) in [5.74, 6) is 0.636. The molecule has 11 heteroatoms. The highest BCUT2D eigenvalue weighted by atomic mass is 16.6. The van der Waals surface area contributed by atoms with E-state index < -0.39 is 23.0 Å². The minimum Gasteiger partial charge on any atom is -0.496 e. The number of carbonyl (C=O) groups is 1. The number of benzene rings is 4. The number of amides is 1. The van der Waals surface area contributed by atoms with Gasteiger partial charge in [-0.3, -0.25) is 19.7 Å². The third-order valence-corrected chi connectivity index (χ3v) is 7.39. The molecule has 5 rings (SSSR count). The third kappa shape index (κ3) is 6.78. The second-order valence-electron chi connectivity index (χ2n) is 11.1. The molecule has 11 nitrogen and oxygen atoms in total. The van der Waals surface area contributed by atoms with Gasteiger partial charge in [0.05, 0.1) is 29.2 Å². The maximum atomic E-state index is 13.7. The van der Waals surface area contributed by atoms with Gasteiger partial charge in [-0.15, -0.1) is 0 Å². The molecule has 5 aromatic rings. The highest BCUT2D eigenvalue weighted by Gasteiger charge is 2.20. The standard InChI is InChI=1S/C35H33N5O6/c1-21(2)27-18-28(23(4)16-32(27)45-5)34-38-29-9-7-6-8-26(29)35(42)39(34)36-19-24-12-15-31(30(17-24)40(43)44)46-20-33(41)37-25-13-10-22(3)11-14-25/h6-19,21H,20H2,1-5H3,(H,37,41). The highest BCUT2D eigenvalue weighted by Crippen LogP contribution is 2.34. The van der Waals surface area contributed by atoms with Crippen molar-refractivity contribution >= 4 is 34.4 Å². The number of nitro groups is 1. The molecule has 0 atom stereocenters. The van der Waals surface area contributed by atoms with E-state index in [1.807, 2.05) is 58.0 Å². The Hall–Kier alpha value is -5.84. The van der Waals surface area contributed by atoms with Crippen molar-refractivity contribution in [2.75, 3.05) is 19.0 Å². The smallest absolute Gasteiger partial charge is 0.311 e. The van der Waals surface area contributed by atoms with Crippen LogP contribution in [0.4, 0.5) is 11.4 Å². The Morgan fingerprint density at radius 3 is 2.48 bits per heavy atom. The summed E-state index contributed by atoms with van der Waals surface area (Å²) in [6.45, 7) is 7.51. The summed E-state index contributed by atoms with van der Waals surface area (Å²) in [7, 11) is 1.62. The molecule has 1 N–H and O–H groups in total. The molecule has 0 unspecified atom stereocenters. The molecule has 0 fully saturated rings. The van der Waals surface area contributed by atoms with Crippen molar-refractivity contribution < 1.29 is 19.2 Å². The van der Waals surface area contributed by atoms with Crippen molar-refractivity contribution in [2.24, 2.45) is 5.10 Å². The first kappa shape index (κ1) is 31.6. The van der Waals surface area contributed by atoms with E-state index in [1.165, 1.54) is 23.0 Å². The van der Waals surface area contributed by atoms with Gasteiger partial charge in [-0.05, 0) is 79.4 Å². The van der Waals surface area contributed by atoms with Gasteiger partial charge < -0.3 is 14.8 Å². The SMILES string of the molecule is COc1cc(C)c(-c2nc3ccccc3c(=O)n2N=Cc2ccc(OCC(=O)Nc3ccc(C)cc3)c([N+](=O)[O-])c2)cc1C(C)C. The Kier molecular flexibility index (Phi) is 9.22. The number of rotatable bonds is 10. The predicted molar refractivity (Wildman–Crippen MR) is 178 cm³/mol. The van der Waals surface area contributed by atoms with Crippen molar-refractivity contribution in [1.82, 2.24) is 9.66 Å². The molecule has 1 aromatic heterocycles. The van der Waals surface area contributed by atoms with Crippen molar-refractivity contribution in [3.63, 3.8) is 0 Å². The average molecular weight is 620 g/mol. The molecule has 46 heavy (non-hydrogen) atoms. The monoisotopic (exact) mass is 619 g/mol. The summed E-state index contributed by atoms with van der Waals surface area (Å²) < 4.78 is 12.3. The molecule has 4 aromatic carbocycles. The molecule has 0 radical (unpaired) electrons. The van der Waals surface area contributed by atoms with Crippen molar-refractivity contribution in [2.45, 2.75) is 33.6 Å². The number of anilines is 1. The van der Waals surface area contributed by atoms with Crippen LogP contribution in [0.5, 0.6) is 11.5 Å². The lowest BCUT2D eigenvalue weighted by Crippen LogP contribution is -2.21. The first-order valence-electron chi connectivity index (χ1n) is 14.6. The summed E-state index contributed by atoms with van der Waals surface area (Å²) in [4.78, 5) is 42.3. The molecule has 0 bridgehead atoms. The fourth-order valence-electron chi connectivity index (χ4n) is 4.95. The molecule has 0 spiro atoms. The maximum Gasteiger partial charge on any atom is 0.311 e. The largest absolute Gasteiger partial charge is 0.496 e. The number of nitro benzene ring substituents is 1. The molecule has 234 valence electrons. The lowest BCUT2D eigenvalue weighted by Gasteiger charge is -2.17. The first-order chi connectivity index (χ1) is 22.0. The second-order valence-corrected chi connectivity index (χ2v) is 11.1. The van der Waals surface area contributed by atoms with Crippen LogP contribution in [-0.2, 0) is 4.79 Å². The van der Waals surface area contributed by atoms with Gasteiger partial charge >= 0.3 is 5.69 Å². The number of hydrogen-bond donors (Lipinski definition) is 1. The van der Waals surface area contributed by atoms with Crippen molar-refractivity contribution in [3.05, 3.63) is 122 Å². The van der Waals surface area contributed by atoms with Gasteiger partial charge in [0.15, 0.2) is 18.2 Å². The third-order valence-electron chi connectivity index (χ3n) is 7.39. The Labute approximate surface area is 265 Å². The number of fused-ring (bicyclic) bond motifs is 1. The average Bonchev–Trinajstić information content (AvgIpc) is 3.04. The van der Waals surface area contributed by atoms with E-state index >= 15 is 0 Å². The molecular formula is C35H33N5O6. The number of ether oxygens (including phenoxy) is 2. The summed E-state index contributed by atoms with van der Waals surface area (Å²) in [5, 5.41) is 19.5. The lowest BCUT2D eigenvalue weighted by molar-refractivity contribution is -0.385. The highest BCUT2D eigenvalue weighted by molar-refractivity contribution is 5.92. The number of methoxy groups -OCH3 is 1. The summed E-state index contributed by atoms with van der Waals surface area (Å²) in [5.41, 5.74) is 4.20. The number of para-hydroxylation sites is 1. The van der Waals surface area contributed by atoms with Gasteiger partial charge in [-0.2, -0.15) is 9.78 Å². The fraction of sp³-hybridized carbons (Fsp3) is 0.200. The van der Waals surface area contributed by atoms with Crippen LogP contribution in [0.1, 0.15) is 42.0 Å². The normalized spacial score (nSPS) is 11.3. The number of nitrogens with zero attached hydrogens (tertiary/aromatic N) is 4. The van der Waals surface area contributed by atoms with Crippen LogP contribution >= 0.6 is 0 Å². The van der Waals surface area contributed by atoms with Crippen LogP contribution in [0, 0.1) is 24.0 Å². The number of nitrogens with one attached hydrogen (secondary N) is 1. The summed E-state index contributed by atoms with van der Waals surface area (Å²) in [6.07, 6.45) is 1.35. The summed E-state index contributed by atoms with van der Waals surface area (Å²) >= 11 is 0. The predicted octanol–water partition coefficient (Wildman–Crippen LogP) is 6.62. The van der Waals surface area contributed by atoms with Gasteiger partial charge in [0.25, 0.3) is 11.5 Å².